The van der Waals surface area contributed by atoms with Crippen molar-refractivity contribution < 1.29 is 19.9 Å². The number of imide groups is 1. The average Bonchev–Trinajstić information content (AvgIpc) is 2.73. The van der Waals surface area contributed by atoms with Crippen LogP contribution in [0.5, 0.6) is 0 Å². The lowest BCUT2D eigenvalue weighted by Crippen LogP contribution is -2.30. The minimum absolute atomic E-state index is 0. The SMILES string of the molecule is CC.CC=O.CCCCN1C(=O)c2ccccc2C1=O.O. The summed E-state index contributed by atoms with van der Waals surface area (Å²) >= 11 is 0. The molecule has 1 aliphatic heterocycles. The van der Waals surface area contributed by atoms with Gasteiger partial charge in [-0.25, -0.2) is 0 Å². The third kappa shape index (κ3) is 5.47. The van der Waals surface area contributed by atoms with Crippen molar-refractivity contribution in [1.29, 1.82) is 0 Å². The van der Waals surface area contributed by atoms with E-state index in [0.29, 0.717) is 17.7 Å². The maximum atomic E-state index is 11.8. The highest BCUT2D eigenvalue weighted by molar-refractivity contribution is 6.21. The lowest BCUT2D eigenvalue weighted by atomic mass is 10.1. The summed E-state index contributed by atoms with van der Waals surface area (Å²) in [5.41, 5.74) is 1.08. The molecule has 0 atom stereocenters. The molecule has 1 heterocycles. The van der Waals surface area contributed by atoms with Gasteiger partial charge < -0.3 is 10.3 Å². The fourth-order valence-corrected chi connectivity index (χ4v) is 1.76. The maximum absolute atomic E-state index is 11.8. The molecule has 1 aliphatic rings. The quantitative estimate of drug-likeness (QED) is 0.634. The molecule has 118 valence electrons. The van der Waals surface area contributed by atoms with E-state index in [1.807, 2.05) is 20.8 Å². The number of hydrogen-bond donors (Lipinski definition) is 0. The summed E-state index contributed by atoms with van der Waals surface area (Å²) < 4.78 is 0. The Morgan fingerprint density at radius 1 is 1.05 bits per heavy atom. The predicted octanol–water partition coefficient (Wildman–Crippen LogP) is 2.49. The Bertz CT molecular complexity index is 422. The van der Waals surface area contributed by atoms with E-state index in [1.54, 1.807) is 24.3 Å². The van der Waals surface area contributed by atoms with Gasteiger partial charge in [0.05, 0.1) is 11.1 Å². The molecule has 2 amide bonds. The van der Waals surface area contributed by atoms with Crippen molar-refractivity contribution in [3.8, 4) is 0 Å². The van der Waals surface area contributed by atoms with Crippen molar-refractivity contribution in [2.75, 3.05) is 6.54 Å². The largest absolute Gasteiger partial charge is 0.412 e. The van der Waals surface area contributed by atoms with Crippen LogP contribution in [0.2, 0.25) is 0 Å². The molecule has 2 N–H and O–H groups in total. The number of fused-ring (bicyclic) bond motifs is 1. The van der Waals surface area contributed by atoms with Crippen molar-refractivity contribution in [1.82, 2.24) is 4.90 Å². The van der Waals surface area contributed by atoms with Crippen molar-refractivity contribution >= 4 is 18.1 Å². The van der Waals surface area contributed by atoms with Gasteiger partial charge in [-0.05, 0) is 25.5 Å². The molecule has 0 unspecified atom stereocenters. The number of rotatable bonds is 3. The molecule has 0 bridgehead atoms. The van der Waals surface area contributed by atoms with Gasteiger partial charge in [-0.1, -0.05) is 39.3 Å². The second-order valence-electron chi connectivity index (χ2n) is 3.90. The third-order valence-electron chi connectivity index (χ3n) is 2.61. The van der Waals surface area contributed by atoms with Gasteiger partial charge in [0.1, 0.15) is 6.29 Å². The van der Waals surface area contributed by atoms with Crippen molar-refractivity contribution in [2.24, 2.45) is 0 Å². The van der Waals surface area contributed by atoms with E-state index >= 15 is 0 Å². The summed E-state index contributed by atoms with van der Waals surface area (Å²) in [6, 6.07) is 6.99. The van der Waals surface area contributed by atoms with Gasteiger partial charge in [0.15, 0.2) is 0 Å². The molecule has 5 nitrogen and oxygen atoms in total. The van der Waals surface area contributed by atoms with E-state index in [4.69, 9.17) is 4.79 Å². The zero-order valence-corrected chi connectivity index (χ0v) is 13.2. The Morgan fingerprint density at radius 2 is 1.43 bits per heavy atom. The molecule has 1 aromatic rings. The predicted molar refractivity (Wildman–Crippen MR) is 83.4 cm³/mol. The van der Waals surface area contributed by atoms with Crippen molar-refractivity contribution in [2.45, 2.75) is 40.5 Å². The summed E-state index contributed by atoms with van der Waals surface area (Å²) in [4.78, 5) is 33.8. The standard InChI is InChI=1S/C12H13NO2.C2H4O.C2H6.H2O/c1-2-3-8-13-11(14)9-6-4-5-7-10(9)12(13)15;1-2-3;1-2;/h4-7H,2-3,8H2,1H3;2H,1H3;1-2H3;1H2. The van der Waals surface area contributed by atoms with Crippen molar-refractivity contribution in [3.63, 3.8) is 0 Å². The lowest BCUT2D eigenvalue weighted by molar-refractivity contribution is -0.106. The summed E-state index contributed by atoms with van der Waals surface area (Å²) in [5, 5.41) is 0. The van der Waals surface area contributed by atoms with Crippen LogP contribution in [0, 0.1) is 0 Å². The Hall–Kier alpha value is -2.01. The number of carbonyl (C=O) groups is 3. The third-order valence-corrected chi connectivity index (χ3v) is 2.61. The van der Waals surface area contributed by atoms with Crippen LogP contribution < -0.4 is 0 Å². The zero-order chi connectivity index (χ0) is 15.5. The lowest BCUT2D eigenvalue weighted by Gasteiger charge is -2.12. The first-order valence-electron chi connectivity index (χ1n) is 7.02. The summed E-state index contributed by atoms with van der Waals surface area (Å²) in [7, 11) is 0. The number of hydrogen-bond acceptors (Lipinski definition) is 3. The van der Waals surface area contributed by atoms with Crippen LogP contribution in [0.15, 0.2) is 24.3 Å². The van der Waals surface area contributed by atoms with Gasteiger partial charge in [-0.2, -0.15) is 0 Å². The minimum atomic E-state index is -0.149. The number of nitrogens with zero attached hydrogens (tertiary/aromatic N) is 1. The molecule has 2 rings (SSSR count). The molecule has 0 fully saturated rings. The van der Waals surface area contributed by atoms with Crippen LogP contribution in [0.25, 0.3) is 0 Å². The van der Waals surface area contributed by atoms with Crippen LogP contribution in [0.1, 0.15) is 61.3 Å². The van der Waals surface area contributed by atoms with Crippen LogP contribution in [0.4, 0.5) is 0 Å². The first-order valence-corrected chi connectivity index (χ1v) is 7.02. The molecule has 0 saturated carbocycles. The first-order chi connectivity index (χ1) is 9.67. The highest BCUT2D eigenvalue weighted by atomic mass is 16.2. The van der Waals surface area contributed by atoms with E-state index in [0.717, 1.165) is 19.1 Å². The summed E-state index contributed by atoms with van der Waals surface area (Å²) in [6.45, 7) is 8.01. The van der Waals surface area contributed by atoms with E-state index in [9.17, 15) is 9.59 Å². The average molecular weight is 295 g/mol. The molecule has 5 heteroatoms. The first kappa shape index (κ1) is 21.3. The topological polar surface area (TPSA) is 86.0 Å². The number of amides is 2. The van der Waals surface area contributed by atoms with Crippen LogP contribution in [-0.2, 0) is 4.79 Å². The Labute approximate surface area is 126 Å². The second-order valence-corrected chi connectivity index (χ2v) is 3.90. The Balaban J connectivity index is 0. The zero-order valence-electron chi connectivity index (χ0n) is 13.2. The molecule has 0 aromatic heterocycles. The van der Waals surface area contributed by atoms with Gasteiger partial charge in [0.25, 0.3) is 11.8 Å². The van der Waals surface area contributed by atoms with Crippen LogP contribution in [-0.4, -0.2) is 35.0 Å². The van der Waals surface area contributed by atoms with Gasteiger partial charge in [0.2, 0.25) is 0 Å². The second kappa shape index (κ2) is 11.8. The van der Waals surface area contributed by atoms with Crippen LogP contribution >= 0.6 is 0 Å². The molecule has 21 heavy (non-hydrogen) atoms. The van der Waals surface area contributed by atoms with Gasteiger partial charge in [0, 0.05) is 6.54 Å². The molecule has 0 saturated heterocycles. The Kier molecular flexibility index (Phi) is 12.0. The summed E-state index contributed by atoms with van der Waals surface area (Å²) in [5.74, 6) is -0.298. The van der Waals surface area contributed by atoms with E-state index in [2.05, 4.69) is 0 Å². The Morgan fingerprint density at radius 3 is 1.76 bits per heavy atom. The molecular formula is C16H25NO4. The van der Waals surface area contributed by atoms with Crippen molar-refractivity contribution in [3.05, 3.63) is 35.4 Å². The number of aldehydes is 1. The normalized spacial score (nSPS) is 11.3. The molecule has 0 aliphatic carbocycles. The number of carbonyl (C=O) groups excluding carboxylic acids is 3. The van der Waals surface area contributed by atoms with Gasteiger partial charge >= 0.3 is 0 Å². The van der Waals surface area contributed by atoms with E-state index in [-0.39, 0.29) is 17.3 Å². The highest BCUT2D eigenvalue weighted by Gasteiger charge is 2.34. The maximum Gasteiger partial charge on any atom is 0.261 e. The highest BCUT2D eigenvalue weighted by Crippen LogP contribution is 2.22. The van der Waals surface area contributed by atoms with E-state index < -0.39 is 0 Å². The fraction of sp³-hybridized carbons (Fsp3) is 0.438. The van der Waals surface area contributed by atoms with Crippen LogP contribution in [0.3, 0.4) is 0 Å². The molecule has 0 spiro atoms. The van der Waals surface area contributed by atoms with E-state index in [1.165, 1.54) is 11.8 Å². The molecular weight excluding hydrogens is 270 g/mol. The summed E-state index contributed by atoms with van der Waals surface area (Å²) in [6.07, 6.45) is 2.60. The minimum Gasteiger partial charge on any atom is -0.412 e. The van der Waals surface area contributed by atoms with Gasteiger partial charge in [-0.15, -0.1) is 0 Å². The number of benzene rings is 1. The van der Waals surface area contributed by atoms with Gasteiger partial charge in [-0.3, -0.25) is 14.5 Å². The smallest absolute Gasteiger partial charge is 0.261 e. The fourth-order valence-electron chi connectivity index (χ4n) is 1.76. The molecule has 1 aromatic carbocycles. The monoisotopic (exact) mass is 295 g/mol. The molecule has 0 radical (unpaired) electrons. The number of unbranched alkanes of at least 4 members (excludes halogenated alkanes) is 1.